The van der Waals surface area contributed by atoms with Crippen LogP contribution in [0.5, 0.6) is 0 Å². The number of hydrogen-bond acceptors (Lipinski definition) is 4. The Labute approximate surface area is 135 Å². The van der Waals surface area contributed by atoms with Gasteiger partial charge in [0.25, 0.3) is 0 Å². The van der Waals surface area contributed by atoms with Gasteiger partial charge in [0.15, 0.2) is 5.78 Å². The lowest BCUT2D eigenvalue weighted by Gasteiger charge is -2.25. The molecule has 0 aliphatic carbocycles. The van der Waals surface area contributed by atoms with Crippen molar-refractivity contribution >= 4 is 17.4 Å². The van der Waals surface area contributed by atoms with Crippen LogP contribution in [0.3, 0.4) is 0 Å². The van der Waals surface area contributed by atoms with Crippen molar-refractivity contribution in [2.24, 2.45) is 0 Å². The Morgan fingerprint density at radius 2 is 1.91 bits per heavy atom. The van der Waals surface area contributed by atoms with Crippen molar-refractivity contribution in [3.63, 3.8) is 0 Å². The first-order valence-corrected chi connectivity index (χ1v) is 8.00. The van der Waals surface area contributed by atoms with Crippen LogP contribution in [0.25, 0.3) is 11.5 Å². The third-order valence-corrected chi connectivity index (χ3v) is 4.22. The van der Waals surface area contributed by atoms with Gasteiger partial charge in [-0.05, 0) is 57.1 Å². The molecule has 2 heterocycles. The number of ketones is 1. The molecule has 1 aliphatic heterocycles. The first kappa shape index (κ1) is 15.3. The Hall–Kier alpha value is -1.65. The number of carbonyl (C=O) groups is 1. The highest BCUT2D eigenvalue weighted by Gasteiger charge is 2.21. The highest BCUT2D eigenvalue weighted by Crippen LogP contribution is 2.24. The van der Waals surface area contributed by atoms with E-state index in [9.17, 15) is 4.79 Å². The van der Waals surface area contributed by atoms with Gasteiger partial charge in [-0.25, -0.2) is 4.98 Å². The summed E-state index contributed by atoms with van der Waals surface area (Å²) >= 11 is 5.88. The molecule has 22 heavy (non-hydrogen) atoms. The normalized spacial score (nSPS) is 15.9. The first-order chi connectivity index (χ1) is 10.6. The Morgan fingerprint density at radius 3 is 2.59 bits per heavy atom. The molecular weight excluding hydrogens is 300 g/mol. The number of aromatic nitrogens is 1. The monoisotopic (exact) mass is 318 g/mol. The summed E-state index contributed by atoms with van der Waals surface area (Å²) in [6.45, 7) is 4.20. The molecule has 0 bridgehead atoms. The second kappa shape index (κ2) is 6.63. The van der Waals surface area contributed by atoms with Gasteiger partial charge in [0.1, 0.15) is 11.5 Å². The summed E-state index contributed by atoms with van der Waals surface area (Å²) in [5.74, 6) is 1.08. The number of aryl methyl sites for hydroxylation is 1. The van der Waals surface area contributed by atoms with Crippen LogP contribution in [-0.4, -0.2) is 35.3 Å². The van der Waals surface area contributed by atoms with E-state index in [-0.39, 0.29) is 5.78 Å². The van der Waals surface area contributed by atoms with Crippen LogP contribution < -0.4 is 0 Å². The van der Waals surface area contributed by atoms with Gasteiger partial charge in [0.05, 0.1) is 6.54 Å². The van der Waals surface area contributed by atoms with Crippen molar-refractivity contribution in [2.75, 3.05) is 19.6 Å². The summed E-state index contributed by atoms with van der Waals surface area (Å²) in [6, 6.07) is 7.25. The topological polar surface area (TPSA) is 46.3 Å². The van der Waals surface area contributed by atoms with Crippen molar-refractivity contribution in [3.8, 4) is 11.5 Å². The molecule has 1 aliphatic rings. The maximum atomic E-state index is 12.4. The number of oxazole rings is 1. The van der Waals surface area contributed by atoms with Gasteiger partial charge in [-0.3, -0.25) is 9.69 Å². The second-order valence-electron chi connectivity index (χ2n) is 5.69. The molecule has 0 unspecified atom stereocenters. The third-order valence-electron chi connectivity index (χ3n) is 3.97. The predicted molar refractivity (Wildman–Crippen MR) is 86.3 cm³/mol. The molecule has 3 rings (SSSR count). The van der Waals surface area contributed by atoms with Gasteiger partial charge in [0, 0.05) is 10.6 Å². The minimum atomic E-state index is 0.0309. The molecule has 0 radical (unpaired) electrons. The summed E-state index contributed by atoms with van der Waals surface area (Å²) in [5.41, 5.74) is 1.26. The first-order valence-electron chi connectivity index (χ1n) is 7.62. The number of rotatable bonds is 4. The van der Waals surface area contributed by atoms with Gasteiger partial charge in [-0.15, -0.1) is 0 Å². The fourth-order valence-electron chi connectivity index (χ4n) is 2.77. The number of Topliss-reactive ketones (excluding diaryl/α,β-unsaturated/α-hetero) is 1. The summed E-state index contributed by atoms with van der Waals surface area (Å²) in [7, 11) is 0. The molecule has 1 aromatic heterocycles. The van der Waals surface area contributed by atoms with Gasteiger partial charge in [-0.1, -0.05) is 18.0 Å². The van der Waals surface area contributed by atoms with E-state index in [1.54, 1.807) is 19.1 Å². The van der Waals surface area contributed by atoms with Crippen molar-refractivity contribution in [1.82, 2.24) is 9.88 Å². The van der Waals surface area contributed by atoms with Gasteiger partial charge < -0.3 is 4.42 Å². The Morgan fingerprint density at radius 1 is 1.23 bits per heavy atom. The number of hydrogen-bond donors (Lipinski definition) is 0. The molecular formula is C17H19ClN2O2. The van der Waals surface area contributed by atoms with Crippen molar-refractivity contribution in [2.45, 2.75) is 26.2 Å². The predicted octanol–water partition coefficient (Wildman–Crippen LogP) is 3.97. The van der Waals surface area contributed by atoms with Crippen LogP contribution in [0, 0.1) is 6.92 Å². The molecule has 5 heteroatoms. The lowest BCUT2D eigenvalue weighted by atomic mass is 10.1. The van der Waals surface area contributed by atoms with Gasteiger partial charge >= 0.3 is 0 Å². The zero-order chi connectivity index (χ0) is 15.5. The molecule has 1 fully saturated rings. The van der Waals surface area contributed by atoms with Crippen molar-refractivity contribution < 1.29 is 9.21 Å². The van der Waals surface area contributed by atoms with Crippen LogP contribution in [0.15, 0.2) is 28.7 Å². The molecule has 0 N–H and O–H groups in total. The SMILES string of the molecule is Cc1oc(-c2ccc(Cl)cc2)nc1C(=O)CN1CCCCC1. The third kappa shape index (κ3) is 3.39. The van der Waals surface area contributed by atoms with Crippen LogP contribution in [-0.2, 0) is 0 Å². The molecule has 0 spiro atoms. The minimum absolute atomic E-state index is 0.0309. The summed E-state index contributed by atoms with van der Waals surface area (Å²) in [4.78, 5) is 19.0. The van der Waals surface area contributed by atoms with Crippen LogP contribution in [0.2, 0.25) is 5.02 Å². The van der Waals surface area contributed by atoms with Crippen molar-refractivity contribution in [3.05, 3.63) is 40.7 Å². The zero-order valence-corrected chi connectivity index (χ0v) is 13.4. The number of piperidine rings is 1. The van der Waals surface area contributed by atoms with E-state index in [0.29, 0.717) is 28.9 Å². The van der Waals surface area contributed by atoms with E-state index in [2.05, 4.69) is 9.88 Å². The quantitative estimate of drug-likeness (QED) is 0.800. The maximum absolute atomic E-state index is 12.4. The molecule has 1 saturated heterocycles. The van der Waals surface area contributed by atoms with Crippen molar-refractivity contribution in [1.29, 1.82) is 0 Å². The Balaban J connectivity index is 1.76. The lowest BCUT2D eigenvalue weighted by Crippen LogP contribution is -2.34. The van der Waals surface area contributed by atoms with Crippen LogP contribution >= 0.6 is 11.6 Å². The molecule has 1 aromatic carbocycles. The average Bonchev–Trinajstić information content (AvgIpc) is 2.91. The largest absolute Gasteiger partial charge is 0.441 e. The molecule has 116 valence electrons. The number of halogens is 1. The standard InChI is InChI=1S/C17H19ClN2O2/c1-12-16(15(21)11-20-9-3-2-4-10-20)19-17(22-12)13-5-7-14(18)8-6-13/h5-8H,2-4,9-11H2,1H3. The molecule has 0 amide bonds. The van der Waals surface area contributed by atoms with E-state index < -0.39 is 0 Å². The lowest BCUT2D eigenvalue weighted by molar-refractivity contribution is 0.0910. The van der Waals surface area contributed by atoms with Crippen LogP contribution in [0.1, 0.15) is 35.5 Å². The highest BCUT2D eigenvalue weighted by molar-refractivity contribution is 6.30. The van der Waals surface area contributed by atoms with E-state index in [1.165, 1.54) is 19.3 Å². The summed E-state index contributed by atoms with van der Waals surface area (Å²) in [6.07, 6.45) is 3.59. The number of nitrogens with zero attached hydrogens (tertiary/aromatic N) is 2. The molecule has 0 atom stereocenters. The Bertz CT molecular complexity index is 658. The summed E-state index contributed by atoms with van der Waals surface area (Å²) < 4.78 is 5.66. The van der Waals surface area contributed by atoms with E-state index in [0.717, 1.165) is 18.7 Å². The number of carbonyl (C=O) groups excluding carboxylic acids is 1. The number of likely N-dealkylation sites (tertiary alicyclic amines) is 1. The fourth-order valence-corrected chi connectivity index (χ4v) is 2.89. The van der Waals surface area contributed by atoms with Gasteiger partial charge in [-0.2, -0.15) is 0 Å². The van der Waals surface area contributed by atoms with E-state index in [4.69, 9.17) is 16.0 Å². The zero-order valence-electron chi connectivity index (χ0n) is 12.6. The average molecular weight is 319 g/mol. The number of benzene rings is 1. The maximum Gasteiger partial charge on any atom is 0.226 e. The Kier molecular flexibility index (Phi) is 4.60. The van der Waals surface area contributed by atoms with E-state index >= 15 is 0 Å². The fraction of sp³-hybridized carbons (Fsp3) is 0.412. The van der Waals surface area contributed by atoms with Gasteiger partial charge in [0.2, 0.25) is 5.89 Å². The van der Waals surface area contributed by atoms with Crippen LogP contribution in [0.4, 0.5) is 0 Å². The molecule has 2 aromatic rings. The van der Waals surface area contributed by atoms with E-state index in [1.807, 2.05) is 12.1 Å². The second-order valence-corrected chi connectivity index (χ2v) is 6.13. The smallest absolute Gasteiger partial charge is 0.226 e. The molecule has 0 saturated carbocycles. The molecule has 4 nitrogen and oxygen atoms in total. The highest BCUT2D eigenvalue weighted by atomic mass is 35.5. The minimum Gasteiger partial charge on any atom is -0.441 e. The summed E-state index contributed by atoms with van der Waals surface area (Å²) in [5, 5.41) is 0.661.